The fourth-order valence-electron chi connectivity index (χ4n) is 4.03. The van der Waals surface area contributed by atoms with Crippen LogP contribution in [0.4, 0.5) is 0 Å². The van der Waals surface area contributed by atoms with Gasteiger partial charge in [-0.1, -0.05) is 117 Å². The quantitative estimate of drug-likeness (QED) is 0.146. The maximum atomic E-state index is 11.4. The van der Waals surface area contributed by atoms with Crippen molar-refractivity contribution >= 4 is 10.1 Å². The molecule has 4 nitrogen and oxygen atoms in total. The van der Waals surface area contributed by atoms with E-state index in [4.69, 9.17) is 0 Å². The Balaban J connectivity index is 0. The maximum Gasteiger partial charge on any atom is 1.00 e. The molecule has 2 atom stereocenters. The van der Waals surface area contributed by atoms with E-state index in [1.165, 1.54) is 77.0 Å². The van der Waals surface area contributed by atoms with Gasteiger partial charge in [0.2, 0.25) is 0 Å². The van der Waals surface area contributed by atoms with E-state index in [-0.39, 0.29) is 51.4 Å². The number of hydrogen-bond donors (Lipinski definition) is 1. The van der Waals surface area contributed by atoms with Crippen LogP contribution in [0.1, 0.15) is 142 Å². The molecular weight excluding hydrogens is 423 g/mol. The molecule has 0 aromatic heterocycles. The van der Waals surface area contributed by atoms with Gasteiger partial charge in [0.15, 0.2) is 0 Å². The Hall–Kier alpha value is 1.51. The minimum absolute atomic E-state index is 0. The Labute approximate surface area is 230 Å². The third-order valence-electron chi connectivity index (χ3n) is 5.98. The Kier molecular flexibility index (Phi) is 26.6. The molecular formula is C24H49KO4S. The zero-order chi connectivity index (χ0) is 21.8. The molecule has 0 aromatic carbocycles. The van der Waals surface area contributed by atoms with Crippen LogP contribution in [0.2, 0.25) is 0 Å². The first-order chi connectivity index (χ1) is 13.9. The largest absolute Gasteiger partial charge is 1.00 e. The molecule has 30 heavy (non-hydrogen) atoms. The molecule has 0 fully saturated rings. The van der Waals surface area contributed by atoms with Gasteiger partial charge in [0.25, 0.3) is 0 Å². The Bertz CT molecular complexity index is 442. The first-order valence-corrected chi connectivity index (χ1v) is 14.0. The summed E-state index contributed by atoms with van der Waals surface area (Å²) in [5.74, 6) is 0. The molecule has 0 aliphatic rings. The van der Waals surface area contributed by atoms with Crippen molar-refractivity contribution in [2.45, 2.75) is 154 Å². The van der Waals surface area contributed by atoms with Gasteiger partial charge < -0.3 is 9.66 Å². The number of unbranched alkanes of at least 4 members (excludes halogenated alkanes) is 14. The first kappa shape index (κ1) is 33.7. The maximum absolute atomic E-state index is 11.4. The van der Waals surface area contributed by atoms with Crippen molar-refractivity contribution in [3.63, 3.8) is 0 Å². The summed E-state index contributed by atoms with van der Waals surface area (Å²) in [6.07, 6.45) is 21.3. The second kappa shape index (κ2) is 23.7. The smallest absolute Gasteiger partial charge is 0.748 e. The minimum atomic E-state index is -4.26. The van der Waals surface area contributed by atoms with E-state index < -0.39 is 21.5 Å². The fourth-order valence-corrected chi connectivity index (χ4v) is 4.91. The summed E-state index contributed by atoms with van der Waals surface area (Å²) in [5, 5.41) is 8.95. The third-order valence-corrected chi connectivity index (χ3v) is 7.27. The van der Waals surface area contributed by atoms with Gasteiger partial charge in [0.1, 0.15) is 0 Å². The van der Waals surface area contributed by atoms with Crippen molar-refractivity contribution in [2.24, 2.45) is 0 Å². The van der Waals surface area contributed by atoms with Crippen molar-refractivity contribution in [1.82, 2.24) is 0 Å². The third kappa shape index (κ3) is 22.7. The van der Waals surface area contributed by atoms with Crippen molar-refractivity contribution in [3.8, 4) is 0 Å². The normalized spacial score (nSPS) is 13.7. The second-order valence-electron chi connectivity index (χ2n) is 8.87. The fraction of sp³-hybridized carbons (Fsp3) is 1.00. The topological polar surface area (TPSA) is 77.4 Å². The molecule has 0 aromatic rings. The molecule has 0 amide bonds. The number of aliphatic hydroxyl groups excluding tert-OH is 1. The van der Waals surface area contributed by atoms with E-state index in [0.717, 1.165) is 25.7 Å². The minimum Gasteiger partial charge on any atom is -0.748 e. The molecule has 0 saturated heterocycles. The average molecular weight is 473 g/mol. The molecule has 0 bridgehead atoms. The van der Waals surface area contributed by atoms with Gasteiger partial charge in [-0.2, -0.15) is 0 Å². The molecule has 2 unspecified atom stereocenters. The number of aliphatic hydroxyl groups is 1. The summed E-state index contributed by atoms with van der Waals surface area (Å²) in [7, 11) is -4.26. The zero-order valence-corrected chi connectivity index (χ0v) is 24.3. The molecule has 0 heterocycles. The molecule has 0 rings (SSSR count). The van der Waals surface area contributed by atoms with Crippen molar-refractivity contribution < 1.29 is 69.5 Å². The van der Waals surface area contributed by atoms with Crippen LogP contribution in [0, 0.1) is 0 Å². The number of rotatable bonds is 22. The SMILES string of the molecule is CCCCCCCCCCCCCCCCCC(CCC(O)CCC)S(=O)(=O)[O-].[K+]. The average Bonchev–Trinajstić information content (AvgIpc) is 2.66. The molecule has 0 spiro atoms. The predicted molar refractivity (Wildman–Crippen MR) is 123 cm³/mol. The molecule has 0 aliphatic heterocycles. The molecule has 1 N–H and O–H groups in total. The summed E-state index contributed by atoms with van der Waals surface area (Å²) in [6.45, 7) is 4.25. The van der Waals surface area contributed by atoms with E-state index in [0.29, 0.717) is 25.7 Å². The van der Waals surface area contributed by atoms with E-state index in [1.54, 1.807) is 0 Å². The van der Waals surface area contributed by atoms with Gasteiger partial charge in [-0.05, 0) is 25.7 Å². The van der Waals surface area contributed by atoms with Crippen LogP contribution < -0.4 is 51.4 Å². The van der Waals surface area contributed by atoms with Crippen LogP contribution in [-0.2, 0) is 10.1 Å². The van der Waals surface area contributed by atoms with Crippen LogP contribution in [0.5, 0.6) is 0 Å². The molecule has 0 radical (unpaired) electrons. The van der Waals surface area contributed by atoms with Gasteiger partial charge in [-0.25, -0.2) is 8.42 Å². The molecule has 0 saturated carbocycles. The first-order valence-electron chi connectivity index (χ1n) is 12.5. The van der Waals surface area contributed by atoms with Gasteiger partial charge in [0, 0.05) is 5.25 Å². The van der Waals surface area contributed by atoms with Crippen molar-refractivity contribution in [2.75, 3.05) is 0 Å². The van der Waals surface area contributed by atoms with Gasteiger partial charge in [0.05, 0.1) is 16.2 Å². The molecule has 6 heteroatoms. The summed E-state index contributed by atoms with van der Waals surface area (Å²) in [5.41, 5.74) is 0. The van der Waals surface area contributed by atoms with Gasteiger partial charge >= 0.3 is 51.4 Å². The monoisotopic (exact) mass is 472 g/mol. The number of hydrogen-bond acceptors (Lipinski definition) is 4. The van der Waals surface area contributed by atoms with E-state index >= 15 is 0 Å². The Morgan fingerprint density at radius 1 is 0.600 bits per heavy atom. The summed E-state index contributed by atoms with van der Waals surface area (Å²) < 4.78 is 34.3. The van der Waals surface area contributed by atoms with E-state index in [9.17, 15) is 18.1 Å². The summed E-state index contributed by atoms with van der Waals surface area (Å²) in [6, 6.07) is 0. The Morgan fingerprint density at radius 3 is 1.37 bits per heavy atom. The van der Waals surface area contributed by atoms with E-state index in [2.05, 4.69) is 6.92 Å². The van der Waals surface area contributed by atoms with Crippen LogP contribution in [-0.4, -0.2) is 29.4 Å². The van der Waals surface area contributed by atoms with Crippen LogP contribution in [0.15, 0.2) is 0 Å². The second-order valence-corrected chi connectivity index (χ2v) is 10.5. The van der Waals surface area contributed by atoms with Crippen LogP contribution in [0.25, 0.3) is 0 Å². The standard InChI is InChI=1S/C24H50O4S.K/c1-3-5-6-7-8-9-10-11-12-13-14-15-16-17-18-20-24(29(26,27)28)22-21-23(25)19-4-2;/h23-25H,3-22H2,1-2H3,(H,26,27,28);/q;+1/p-1. The zero-order valence-electron chi connectivity index (χ0n) is 20.4. The molecule has 0 aliphatic carbocycles. The van der Waals surface area contributed by atoms with Crippen molar-refractivity contribution in [3.05, 3.63) is 0 Å². The van der Waals surface area contributed by atoms with Crippen molar-refractivity contribution in [1.29, 1.82) is 0 Å². The van der Waals surface area contributed by atoms with E-state index in [1.807, 2.05) is 6.92 Å². The summed E-state index contributed by atoms with van der Waals surface area (Å²) in [4.78, 5) is 0. The summed E-state index contributed by atoms with van der Waals surface area (Å²) >= 11 is 0. The predicted octanol–water partition coefficient (Wildman–Crippen LogP) is 4.11. The molecule has 176 valence electrons. The van der Waals surface area contributed by atoms with Gasteiger partial charge in [-0.15, -0.1) is 0 Å². The van der Waals surface area contributed by atoms with Gasteiger partial charge in [-0.3, -0.25) is 0 Å². The van der Waals surface area contributed by atoms with Crippen LogP contribution >= 0.6 is 0 Å². The Morgan fingerprint density at radius 2 is 1.00 bits per heavy atom. The van der Waals surface area contributed by atoms with Crippen LogP contribution in [0.3, 0.4) is 0 Å².